The van der Waals surface area contributed by atoms with Crippen molar-refractivity contribution in [2.45, 2.75) is 5.33 Å². The molecule has 0 radical (unpaired) electrons. The van der Waals surface area contributed by atoms with Gasteiger partial charge < -0.3 is 9.80 Å². The summed E-state index contributed by atoms with van der Waals surface area (Å²) in [5, 5.41) is 0.909. The fraction of sp³-hybridized carbons (Fsp3) is 0.250. The SMILES string of the molecule is CN1CCN(c2ccc(CBr)cc2)c2ccccc21. The van der Waals surface area contributed by atoms with Crippen molar-refractivity contribution in [3.8, 4) is 0 Å². The van der Waals surface area contributed by atoms with Crippen LogP contribution in [0.5, 0.6) is 0 Å². The third-order valence-electron chi connectivity index (χ3n) is 3.65. The smallest absolute Gasteiger partial charge is 0.0649 e. The van der Waals surface area contributed by atoms with Crippen molar-refractivity contribution >= 4 is 33.0 Å². The Balaban J connectivity index is 1.99. The van der Waals surface area contributed by atoms with Crippen molar-refractivity contribution in [1.82, 2.24) is 0 Å². The lowest BCUT2D eigenvalue weighted by molar-refractivity contribution is 0.822. The fourth-order valence-corrected chi connectivity index (χ4v) is 2.91. The molecule has 3 heteroatoms. The standard InChI is InChI=1S/C16H17BrN2/c1-18-10-11-19(16-5-3-2-4-15(16)18)14-8-6-13(12-17)7-9-14/h2-9H,10-12H2,1H3. The van der Waals surface area contributed by atoms with Gasteiger partial charge in [0.05, 0.1) is 11.4 Å². The van der Waals surface area contributed by atoms with Crippen LogP contribution in [-0.2, 0) is 5.33 Å². The van der Waals surface area contributed by atoms with E-state index < -0.39 is 0 Å². The molecule has 0 N–H and O–H groups in total. The van der Waals surface area contributed by atoms with Crippen LogP contribution >= 0.6 is 15.9 Å². The maximum Gasteiger partial charge on any atom is 0.0649 e. The van der Waals surface area contributed by atoms with Crippen LogP contribution in [0.4, 0.5) is 17.1 Å². The number of rotatable bonds is 2. The predicted molar refractivity (Wildman–Crippen MR) is 85.8 cm³/mol. The van der Waals surface area contributed by atoms with Gasteiger partial charge in [-0.1, -0.05) is 40.2 Å². The number of hydrogen-bond donors (Lipinski definition) is 0. The first-order valence-corrected chi connectivity index (χ1v) is 7.64. The van der Waals surface area contributed by atoms with Crippen molar-refractivity contribution in [3.63, 3.8) is 0 Å². The summed E-state index contributed by atoms with van der Waals surface area (Å²) in [5.74, 6) is 0. The summed E-state index contributed by atoms with van der Waals surface area (Å²) in [7, 11) is 2.16. The van der Waals surface area contributed by atoms with Crippen LogP contribution in [0.1, 0.15) is 5.56 Å². The zero-order valence-electron chi connectivity index (χ0n) is 11.0. The van der Waals surface area contributed by atoms with Crippen molar-refractivity contribution in [2.24, 2.45) is 0 Å². The Labute approximate surface area is 122 Å². The summed E-state index contributed by atoms with van der Waals surface area (Å²) in [6.45, 7) is 2.08. The minimum absolute atomic E-state index is 0.909. The molecule has 0 atom stereocenters. The second-order valence-corrected chi connectivity index (χ2v) is 5.42. The molecule has 0 saturated carbocycles. The van der Waals surface area contributed by atoms with E-state index in [9.17, 15) is 0 Å². The van der Waals surface area contributed by atoms with Gasteiger partial charge in [0.1, 0.15) is 0 Å². The molecule has 0 saturated heterocycles. The van der Waals surface area contributed by atoms with Crippen molar-refractivity contribution in [3.05, 3.63) is 54.1 Å². The molecule has 2 aromatic carbocycles. The number of likely N-dealkylation sites (N-methyl/N-ethyl adjacent to an activating group) is 1. The molecule has 2 nitrogen and oxygen atoms in total. The van der Waals surface area contributed by atoms with Crippen LogP contribution in [0.25, 0.3) is 0 Å². The molecule has 0 aliphatic carbocycles. The molecule has 1 heterocycles. The second kappa shape index (κ2) is 5.25. The second-order valence-electron chi connectivity index (χ2n) is 4.86. The highest BCUT2D eigenvalue weighted by atomic mass is 79.9. The molecular weight excluding hydrogens is 300 g/mol. The largest absolute Gasteiger partial charge is 0.371 e. The van der Waals surface area contributed by atoms with Crippen molar-refractivity contribution < 1.29 is 0 Å². The van der Waals surface area contributed by atoms with Gasteiger partial charge in [-0.25, -0.2) is 0 Å². The maximum absolute atomic E-state index is 3.49. The molecule has 0 amide bonds. The molecule has 0 fully saturated rings. The summed E-state index contributed by atoms with van der Waals surface area (Å²) in [6.07, 6.45) is 0. The Morgan fingerprint density at radius 3 is 2.32 bits per heavy atom. The first-order valence-electron chi connectivity index (χ1n) is 6.52. The van der Waals surface area contributed by atoms with E-state index in [0.29, 0.717) is 0 Å². The number of alkyl halides is 1. The lowest BCUT2D eigenvalue weighted by Crippen LogP contribution is -2.36. The van der Waals surface area contributed by atoms with E-state index >= 15 is 0 Å². The van der Waals surface area contributed by atoms with E-state index in [1.165, 1.54) is 22.6 Å². The minimum atomic E-state index is 0.909. The summed E-state index contributed by atoms with van der Waals surface area (Å²) in [6, 6.07) is 17.4. The van der Waals surface area contributed by atoms with Crippen molar-refractivity contribution in [1.29, 1.82) is 0 Å². The number of hydrogen-bond acceptors (Lipinski definition) is 2. The summed E-state index contributed by atoms with van der Waals surface area (Å²) in [5.41, 5.74) is 5.18. The van der Waals surface area contributed by atoms with Crippen LogP contribution in [0.15, 0.2) is 48.5 Å². The normalized spacial score (nSPS) is 14.4. The van der Waals surface area contributed by atoms with E-state index in [1.54, 1.807) is 0 Å². The highest BCUT2D eigenvalue weighted by Crippen LogP contribution is 2.36. The number of benzene rings is 2. The van der Waals surface area contributed by atoms with Gasteiger partial charge in [-0.2, -0.15) is 0 Å². The van der Waals surface area contributed by atoms with Gasteiger partial charge in [0, 0.05) is 31.2 Å². The summed E-state index contributed by atoms with van der Waals surface area (Å²) < 4.78 is 0. The van der Waals surface area contributed by atoms with Crippen LogP contribution in [0.3, 0.4) is 0 Å². The van der Waals surface area contributed by atoms with Crippen molar-refractivity contribution in [2.75, 3.05) is 29.9 Å². The lowest BCUT2D eigenvalue weighted by Gasteiger charge is -2.37. The molecular formula is C16H17BrN2. The molecule has 98 valence electrons. The number of fused-ring (bicyclic) bond motifs is 1. The molecule has 0 spiro atoms. The highest BCUT2D eigenvalue weighted by molar-refractivity contribution is 9.08. The van der Waals surface area contributed by atoms with E-state index in [0.717, 1.165) is 18.4 Å². The first kappa shape index (κ1) is 12.5. The first-order chi connectivity index (χ1) is 9.29. The highest BCUT2D eigenvalue weighted by Gasteiger charge is 2.20. The van der Waals surface area contributed by atoms with E-state index in [2.05, 4.69) is 81.3 Å². The topological polar surface area (TPSA) is 6.48 Å². The van der Waals surface area contributed by atoms with Gasteiger partial charge in [-0.15, -0.1) is 0 Å². The Bertz CT molecular complexity index is 565. The number of halogens is 1. The molecule has 1 aliphatic rings. The van der Waals surface area contributed by atoms with Gasteiger partial charge in [-0.3, -0.25) is 0 Å². The van der Waals surface area contributed by atoms with E-state index in [4.69, 9.17) is 0 Å². The lowest BCUT2D eigenvalue weighted by atomic mass is 10.1. The monoisotopic (exact) mass is 316 g/mol. The Kier molecular flexibility index (Phi) is 3.47. The molecule has 0 unspecified atom stereocenters. The third-order valence-corrected chi connectivity index (χ3v) is 4.29. The van der Waals surface area contributed by atoms with Gasteiger partial charge in [-0.05, 0) is 29.8 Å². The minimum Gasteiger partial charge on any atom is -0.371 e. The molecule has 19 heavy (non-hydrogen) atoms. The Hall–Kier alpha value is -1.48. The molecule has 2 aromatic rings. The summed E-state index contributed by atoms with van der Waals surface area (Å²) >= 11 is 3.49. The molecule has 3 rings (SSSR count). The average Bonchev–Trinajstić information content (AvgIpc) is 2.48. The van der Waals surface area contributed by atoms with E-state index in [-0.39, 0.29) is 0 Å². The Morgan fingerprint density at radius 2 is 1.63 bits per heavy atom. The molecule has 0 aromatic heterocycles. The predicted octanol–water partition coefficient (Wildman–Crippen LogP) is 4.17. The Morgan fingerprint density at radius 1 is 0.947 bits per heavy atom. The van der Waals surface area contributed by atoms with E-state index in [1.807, 2.05) is 0 Å². The average molecular weight is 317 g/mol. The van der Waals surface area contributed by atoms with Crippen LogP contribution < -0.4 is 9.80 Å². The van der Waals surface area contributed by atoms with Crippen LogP contribution in [0.2, 0.25) is 0 Å². The van der Waals surface area contributed by atoms with Crippen LogP contribution in [0, 0.1) is 0 Å². The van der Waals surface area contributed by atoms with Gasteiger partial charge in [0.2, 0.25) is 0 Å². The summed E-state index contributed by atoms with van der Waals surface area (Å²) in [4.78, 5) is 4.71. The third kappa shape index (κ3) is 2.35. The van der Waals surface area contributed by atoms with Gasteiger partial charge in [0.15, 0.2) is 0 Å². The zero-order valence-corrected chi connectivity index (χ0v) is 12.6. The maximum atomic E-state index is 3.49. The fourth-order valence-electron chi connectivity index (χ4n) is 2.54. The van der Waals surface area contributed by atoms with Crippen LogP contribution in [-0.4, -0.2) is 20.1 Å². The van der Waals surface area contributed by atoms with Gasteiger partial charge >= 0.3 is 0 Å². The molecule has 0 bridgehead atoms. The number of nitrogens with zero attached hydrogens (tertiary/aromatic N) is 2. The number of para-hydroxylation sites is 2. The quantitative estimate of drug-likeness (QED) is 0.767. The number of anilines is 3. The molecule has 1 aliphatic heterocycles. The zero-order chi connectivity index (χ0) is 13.2. The van der Waals surface area contributed by atoms with Gasteiger partial charge in [0.25, 0.3) is 0 Å².